The maximum atomic E-state index is 5.97. The Bertz CT molecular complexity index is 554. The molecule has 0 radical (unpaired) electrons. The number of nitrogens with two attached hydrogens (primary N) is 1. The zero-order valence-electron chi connectivity index (χ0n) is 10.5. The summed E-state index contributed by atoms with van der Waals surface area (Å²) in [5.74, 6) is 0.889. The first kappa shape index (κ1) is 15.0. The number of hydrogen-bond acceptors (Lipinski definition) is 3. The third kappa shape index (κ3) is 4.05. The highest BCUT2D eigenvalue weighted by molar-refractivity contribution is 9.10. The molecule has 0 aliphatic heterocycles. The molecule has 19 heavy (non-hydrogen) atoms. The van der Waals surface area contributed by atoms with Crippen molar-refractivity contribution in [3.63, 3.8) is 0 Å². The highest BCUT2D eigenvalue weighted by atomic mass is 79.9. The van der Waals surface area contributed by atoms with E-state index in [1.165, 1.54) is 4.88 Å². The number of hydrogen-bond donors (Lipinski definition) is 1. The van der Waals surface area contributed by atoms with Gasteiger partial charge in [-0.2, -0.15) is 0 Å². The highest BCUT2D eigenvalue weighted by Gasteiger charge is 2.11. The monoisotopic (exact) mass is 403 g/mol. The fourth-order valence-corrected chi connectivity index (χ4v) is 3.69. The van der Waals surface area contributed by atoms with Crippen LogP contribution in [0.15, 0.2) is 38.6 Å². The first-order valence-corrected chi connectivity index (χ1v) is 8.42. The molecule has 2 N–H and O–H groups in total. The molecule has 0 aliphatic carbocycles. The standard InChI is InChI=1S/C14H15Br2NOS/c1-9(17)7-10-3-2-4-12(16)14(10)18-8-13-11(15)5-6-19-13/h2-6,9H,7-8,17H2,1H3. The van der Waals surface area contributed by atoms with Crippen molar-refractivity contribution in [3.8, 4) is 5.75 Å². The van der Waals surface area contributed by atoms with Crippen LogP contribution in [0.5, 0.6) is 5.75 Å². The maximum Gasteiger partial charge on any atom is 0.137 e. The Morgan fingerprint density at radius 2 is 2.05 bits per heavy atom. The highest BCUT2D eigenvalue weighted by Crippen LogP contribution is 2.32. The number of thiophene rings is 1. The minimum absolute atomic E-state index is 0.116. The lowest BCUT2D eigenvalue weighted by Crippen LogP contribution is -2.18. The molecule has 1 aromatic heterocycles. The Morgan fingerprint density at radius 1 is 1.26 bits per heavy atom. The topological polar surface area (TPSA) is 35.2 Å². The number of para-hydroxylation sites is 1. The van der Waals surface area contributed by atoms with Crippen LogP contribution in [0, 0.1) is 0 Å². The zero-order chi connectivity index (χ0) is 13.8. The molecule has 1 unspecified atom stereocenters. The van der Waals surface area contributed by atoms with Crippen LogP contribution in [0.25, 0.3) is 0 Å². The van der Waals surface area contributed by atoms with E-state index in [1.807, 2.05) is 30.5 Å². The molecule has 1 aromatic carbocycles. The molecule has 0 amide bonds. The average molecular weight is 405 g/mol. The van der Waals surface area contributed by atoms with Gasteiger partial charge in [0.25, 0.3) is 0 Å². The quantitative estimate of drug-likeness (QED) is 0.780. The molecule has 5 heteroatoms. The van der Waals surface area contributed by atoms with Gasteiger partial charge in [0.2, 0.25) is 0 Å². The Morgan fingerprint density at radius 3 is 2.68 bits per heavy atom. The van der Waals surface area contributed by atoms with Gasteiger partial charge in [-0.25, -0.2) is 0 Å². The van der Waals surface area contributed by atoms with Crippen LogP contribution in [0.3, 0.4) is 0 Å². The Kier molecular flexibility index (Phi) is 5.45. The van der Waals surface area contributed by atoms with Gasteiger partial charge in [-0.05, 0) is 68.3 Å². The van der Waals surface area contributed by atoms with Crippen molar-refractivity contribution in [1.29, 1.82) is 0 Å². The lowest BCUT2D eigenvalue weighted by Gasteiger charge is -2.14. The summed E-state index contributed by atoms with van der Waals surface area (Å²) in [5.41, 5.74) is 7.02. The second-order valence-corrected chi connectivity index (χ2v) is 7.10. The van der Waals surface area contributed by atoms with Crippen molar-refractivity contribution >= 4 is 43.2 Å². The minimum atomic E-state index is 0.116. The molecule has 1 atom stereocenters. The van der Waals surface area contributed by atoms with Crippen LogP contribution in [0.1, 0.15) is 17.4 Å². The molecule has 0 saturated carbocycles. The van der Waals surface area contributed by atoms with Gasteiger partial charge in [0, 0.05) is 10.5 Å². The van der Waals surface area contributed by atoms with E-state index in [-0.39, 0.29) is 6.04 Å². The third-order valence-electron chi connectivity index (χ3n) is 2.63. The number of rotatable bonds is 5. The van der Waals surface area contributed by atoms with E-state index >= 15 is 0 Å². The molecule has 0 fully saturated rings. The largest absolute Gasteiger partial charge is 0.487 e. The fraction of sp³-hybridized carbons (Fsp3) is 0.286. The van der Waals surface area contributed by atoms with Crippen LogP contribution < -0.4 is 10.5 Å². The van der Waals surface area contributed by atoms with Crippen molar-refractivity contribution in [2.24, 2.45) is 5.73 Å². The summed E-state index contributed by atoms with van der Waals surface area (Å²) >= 11 is 8.74. The van der Waals surface area contributed by atoms with E-state index in [2.05, 4.69) is 37.9 Å². The summed E-state index contributed by atoms with van der Waals surface area (Å²) in [5, 5.41) is 2.05. The minimum Gasteiger partial charge on any atom is -0.487 e. The van der Waals surface area contributed by atoms with Crippen LogP contribution in [-0.4, -0.2) is 6.04 Å². The molecule has 0 bridgehead atoms. The van der Waals surface area contributed by atoms with E-state index in [4.69, 9.17) is 10.5 Å². The van der Waals surface area contributed by atoms with Gasteiger partial charge in [-0.15, -0.1) is 11.3 Å². The van der Waals surface area contributed by atoms with Crippen LogP contribution in [-0.2, 0) is 13.0 Å². The molecule has 0 saturated heterocycles. The summed E-state index contributed by atoms with van der Waals surface area (Å²) in [6, 6.07) is 8.21. The van der Waals surface area contributed by atoms with E-state index in [0.29, 0.717) is 6.61 Å². The lowest BCUT2D eigenvalue weighted by atomic mass is 10.1. The SMILES string of the molecule is CC(N)Cc1cccc(Br)c1OCc1sccc1Br. The van der Waals surface area contributed by atoms with Crippen LogP contribution in [0.2, 0.25) is 0 Å². The van der Waals surface area contributed by atoms with Crippen LogP contribution >= 0.6 is 43.2 Å². The van der Waals surface area contributed by atoms with Crippen molar-refractivity contribution < 1.29 is 4.74 Å². The van der Waals surface area contributed by atoms with E-state index in [0.717, 1.165) is 26.7 Å². The van der Waals surface area contributed by atoms with Crippen molar-refractivity contribution in [3.05, 3.63) is 49.0 Å². The van der Waals surface area contributed by atoms with Crippen molar-refractivity contribution in [2.45, 2.75) is 26.0 Å². The number of benzene rings is 1. The summed E-state index contributed by atoms with van der Waals surface area (Å²) < 4.78 is 8.04. The first-order chi connectivity index (χ1) is 9.08. The lowest BCUT2D eigenvalue weighted by molar-refractivity contribution is 0.303. The smallest absolute Gasteiger partial charge is 0.137 e. The summed E-state index contributed by atoms with van der Waals surface area (Å²) in [6.07, 6.45) is 0.806. The van der Waals surface area contributed by atoms with Crippen molar-refractivity contribution in [1.82, 2.24) is 0 Å². The van der Waals surface area contributed by atoms with Crippen LogP contribution in [0.4, 0.5) is 0 Å². The zero-order valence-corrected chi connectivity index (χ0v) is 14.5. The van der Waals surface area contributed by atoms with Gasteiger partial charge < -0.3 is 10.5 Å². The molecule has 2 nitrogen and oxygen atoms in total. The maximum absolute atomic E-state index is 5.97. The predicted molar refractivity (Wildman–Crippen MR) is 87.8 cm³/mol. The molecule has 0 spiro atoms. The Balaban J connectivity index is 2.17. The molecule has 0 aliphatic rings. The van der Waals surface area contributed by atoms with Gasteiger partial charge in [0.15, 0.2) is 0 Å². The van der Waals surface area contributed by atoms with Gasteiger partial charge in [0.1, 0.15) is 12.4 Å². The molecule has 2 aromatic rings. The fourth-order valence-electron chi connectivity index (χ4n) is 1.79. The molecule has 1 heterocycles. The Labute approximate surface area is 134 Å². The Hall–Kier alpha value is -0.360. The average Bonchev–Trinajstić information content (AvgIpc) is 2.73. The molecular formula is C14H15Br2NOS. The summed E-state index contributed by atoms with van der Waals surface area (Å²) in [6.45, 7) is 2.56. The summed E-state index contributed by atoms with van der Waals surface area (Å²) in [7, 11) is 0. The molecule has 2 rings (SSSR count). The second kappa shape index (κ2) is 6.88. The van der Waals surface area contributed by atoms with E-state index in [1.54, 1.807) is 11.3 Å². The van der Waals surface area contributed by atoms with Gasteiger partial charge in [0.05, 0.1) is 9.35 Å². The van der Waals surface area contributed by atoms with E-state index < -0.39 is 0 Å². The van der Waals surface area contributed by atoms with Crippen molar-refractivity contribution in [2.75, 3.05) is 0 Å². The molecule has 102 valence electrons. The third-order valence-corrected chi connectivity index (χ3v) is 5.15. The number of halogens is 2. The van der Waals surface area contributed by atoms with E-state index in [9.17, 15) is 0 Å². The molecular weight excluding hydrogens is 390 g/mol. The second-order valence-electron chi connectivity index (χ2n) is 4.39. The predicted octanol–water partition coefficient (Wildman–Crippen LogP) is 4.74. The van der Waals surface area contributed by atoms with Gasteiger partial charge >= 0.3 is 0 Å². The number of ether oxygens (including phenoxy) is 1. The normalized spacial score (nSPS) is 12.4. The van der Waals surface area contributed by atoms with Gasteiger partial charge in [-0.3, -0.25) is 0 Å². The van der Waals surface area contributed by atoms with Gasteiger partial charge in [-0.1, -0.05) is 12.1 Å². The summed E-state index contributed by atoms with van der Waals surface area (Å²) in [4.78, 5) is 1.18. The first-order valence-electron chi connectivity index (χ1n) is 5.95.